The highest BCUT2D eigenvalue weighted by Crippen LogP contribution is 2.32. The molecular weight excluding hydrogens is 340 g/mol. The van der Waals surface area contributed by atoms with Crippen molar-refractivity contribution in [2.24, 2.45) is 5.92 Å². The number of para-hydroxylation sites is 2. The Morgan fingerprint density at radius 1 is 1.24 bits per heavy atom. The number of benzene rings is 2. The number of amides is 2. The molecule has 0 saturated carbocycles. The zero-order valence-electron chi connectivity index (χ0n) is 14.1. The third kappa shape index (κ3) is 3.46. The first-order chi connectivity index (χ1) is 12.0. The number of halogens is 1. The van der Waals surface area contributed by atoms with Crippen molar-refractivity contribution in [1.29, 1.82) is 0 Å². The highest BCUT2D eigenvalue weighted by molar-refractivity contribution is 6.31. The van der Waals surface area contributed by atoms with E-state index in [9.17, 15) is 9.59 Å². The van der Waals surface area contributed by atoms with Crippen molar-refractivity contribution in [3.63, 3.8) is 0 Å². The number of ether oxygens (including phenoxy) is 1. The van der Waals surface area contributed by atoms with Crippen LogP contribution in [0.15, 0.2) is 42.5 Å². The Morgan fingerprint density at radius 3 is 2.76 bits per heavy atom. The molecule has 0 radical (unpaired) electrons. The van der Waals surface area contributed by atoms with Gasteiger partial charge in [0.1, 0.15) is 5.75 Å². The largest absolute Gasteiger partial charge is 0.495 e. The summed E-state index contributed by atoms with van der Waals surface area (Å²) in [6, 6.07) is 12.6. The zero-order valence-corrected chi connectivity index (χ0v) is 14.8. The normalized spacial score (nSPS) is 16.8. The van der Waals surface area contributed by atoms with Crippen LogP contribution in [0.1, 0.15) is 12.0 Å². The lowest BCUT2D eigenvalue weighted by Gasteiger charge is -2.19. The van der Waals surface area contributed by atoms with E-state index in [-0.39, 0.29) is 18.2 Å². The number of carbonyl (C=O) groups is 2. The van der Waals surface area contributed by atoms with Gasteiger partial charge in [-0.1, -0.05) is 29.8 Å². The Morgan fingerprint density at radius 2 is 2.00 bits per heavy atom. The SMILES string of the molecule is COc1ccccc1NC(=O)[C@@H]1CC(=O)N(c2cccc(Cl)c2C)C1. The minimum atomic E-state index is -0.421. The van der Waals surface area contributed by atoms with E-state index >= 15 is 0 Å². The second-order valence-electron chi connectivity index (χ2n) is 5.98. The van der Waals surface area contributed by atoms with Gasteiger partial charge in [0.2, 0.25) is 11.8 Å². The van der Waals surface area contributed by atoms with Gasteiger partial charge in [-0.05, 0) is 36.8 Å². The van der Waals surface area contributed by atoms with Gasteiger partial charge in [0.15, 0.2) is 0 Å². The lowest BCUT2D eigenvalue weighted by Crippen LogP contribution is -2.28. The molecule has 0 spiro atoms. The fraction of sp³-hybridized carbons (Fsp3) is 0.263. The quantitative estimate of drug-likeness (QED) is 0.907. The average molecular weight is 359 g/mol. The monoisotopic (exact) mass is 358 g/mol. The molecule has 1 fully saturated rings. The van der Waals surface area contributed by atoms with Crippen molar-refractivity contribution >= 4 is 34.8 Å². The summed E-state index contributed by atoms with van der Waals surface area (Å²) in [5.41, 5.74) is 2.19. The van der Waals surface area contributed by atoms with Crippen LogP contribution in [0.4, 0.5) is 11.4 Å². The molecule has 2 amide bonds. The van der Waals surface area contributed by atoms with Crippen LogP contribution in [0.5, 0.6) is 5.75 Å². The van der Waals surface area contributed by atoms with Gasteiger partial charge >= 0.3 is 0 Å². The maximum Gasteiger partial charge on any atom is 0.229 e. The first kappa shape index (κ1) is 17.3. The van der Waals surface area contributed by atoms with E-state index in [1.807, 2.05) is 25.1 Å². The molecule has 0 aromatic heterocycles. The van der Waals surface area contributed by atoms with Gasteiger partial charge < -0.3 is 15.0 Å². The summed E-state index contributed by atoms with van der Waals surface area (Å²) < 4.78 is 5.24. The molecule has 1 atom stereocenters. The van der Waals surface area contributed by atoms with Gasteiger partial charge in [0.25, 0.3) is 0 Å². The summed E-state index contributed by atoms with van der Waals surface area (Å²) >= 11 is 6.15. The van der Waals surface area contributed by atoms with Gasteiger partial charge in [-0.15, -0.1) is 0 Å². The van der Waals surface area contributed by atoms with Crippen LogP contribution < -0.4 is 15.0 Å². The molecule has 0 unspecified atom stereocenters. The lowest BCUT2D eigenvalue weighted by atomic mass is 10.1. The molecule has 130 valence electrons. The van der Waals surface area contributed by atoms with Crippen LogP contribution >= 0.6 is 11.6 Å². The molecule has 1 aliphatic rings. The molecule has 1 heterocycles. The Bertz CT molecular complexity index is 822. The molecule has 1 aliphatic heterocycles. The lowest BCUT2D eigenvalue weighted by molar-refractivity contribution is -0.122. The van der Waals surface area contributed by atoms with Crippen LogP contribution in [-0.2, 0) is 9.59 Å². The van der Waals surface area contributed by atoms with Crippen molar-refractivity contribution < 1.29 is 14.3 Å². The van der Waals surface area contributed by atoms with E-state index in [0.717, 1.165) is 11.3 Å². The maximum atomic E-state index is 12.6. The molecule has 3 rings (SSSR count). The molecule has 2 aromatic rings. The van der Waals surface area contributed by atoms with E-state index in [1.54, 1.807) is 36.3 Å². The van der Waals surface area contributed by atoms with Crippen LogP contribution in [0.2, 0.25) is 5.02 Å². The van der Waals surface area contributed by atoms with Crippen molar-refractivity contribution in [3.8, 4) is 5.75 Å². The van der Waals surface area contributed by atoms with Gasteiger partial charge in [-0.2, -0.15) is 0 Å². The van der Waals surface area contributed by atoms with Gasteiger partial charge in [-0.3, -0.25) is 9.59 Å². The van der Waals surface area contributed by atoms with Crippen LogP contribution in [0, 0.1) is 12.8 Å². The number of rotatable bonds is 4. The molecule has 6 heteroatoms. The number of hydrogen-bond donors (Lipinski definition) is 1. The number of carbonyl (C=O) groups excluding carboxylic acids is 2. The standard InChI is InChI=1S/C19H19ClN2O3/c1-12-14(20)6-5-8-16(12)22-11-13(10-18(22)23)19(24)21-15-7-3-4-9-17(15)25-2/h3-9,13H,10-11H2,1-2H3,(H,21,24)/t13-/m1/s1. The summed E-state index contributed by atoms with van der Waals surface area (Å²) in [6.07, 6.45) is 0.174. The number of nitrogens with zero attached hydrogens (tertiary/aromatic N) is 1. The molecule has 1 N–H and O–H groups in total. The summed E-state index contributed by atoms with van der Waals surface area (Å²) in [5, 5.41) is 3.46. The molecular formula is C19H19ClN2O3. The topological polar surface area (TPSA) is 58.6 Å². The second kappa shape index (κ2) is 7.15. The van der Waals surface area contributed by atoms with Crippen molar-refractivity contribution in [3.05, 3.63) is 53.1 Å². The first-order valence-corrected chi connectivity index (χ1v) is 8.38. The number of methoxy groups -OCH3 is 1. The molecule has 25 heavy (non-hydrogen) atoms. The van der Waals surface area contributed by atoms with E-state index in [4.69, 9.17) is 16.3 Å². The highest BCUT2D eigenvalue weighted by Gasteiger charge is 2.36. The first-order valence-electron chi connectivity index (χ1n) is 8.00. The van der Waals surface area contributed by atoms with E-state index in [1.165, 1.54) is 0 Å². The number of nitrogens with one attached hydrogen (secondary N) is 1. The van der Waals surface area contributed by atoms with Crippen LogP contribution in [-0.4, -0.2) is 25.5 Å². The molecule has 2 aromatic carbocycles. The summed E-state index contributed by atoms with van der Waals surface area (Å²) in [4.78, 5) is 26.6. The Balaban J connectivity index is 1.76. The van der Waals surface area contributed by atoms with E-state index in [2.05, 4.69) is 5.32 Å². The van der Waals surface area contributed by atoms with E-state index < -0.39 is 5.92 Å². The summed E-state index contributed by atoms with van der Waals surface area (Å²) in [7, 11) is 1.55. The smallest absolute Gasteiger partial charge is 0.229 e. The van der Waals surface area contributed by atoms with Crippen LogP contribution in [0.25, 0.3) is 0 Å². The number of hydrogen-bond acceptors (Lipinski definition) is 3. The predicted octanol–water partition coefficient (Wildman–Crippen LogP) is 3.65. The second-order valence-corrected chi connectivity index (χ2v) is 6.39. The molecule has 0 bridgehead atoms. The summed E-state index contributed by atoms with van der Waals surface area (Å²) in [5.74, 6) is -0.107. The van der Waals surface area contributed by atoms with Gasteiger partial charge in [0.05, 0.1) is 18.7 Å². The fourth-order valence-electron chi connectivity index (χ4n) is 2.99. The van der Waals surface area contributed by atoms with E-state index in [0.29, 0.717) is 23.0 Å². The number of anilines is 2. The average Bonchev–Trinajstić information content (AvgIpc) is 2.99. The Hall–Kier alpha value is -2.53. The summed E-state index contributed by atoms with van der Waals surface area (Å²) in [6.45, 7) is 2.20. The van der Waals surface area contributed by atoms with Crippen molar-refractivity contribution in [1.82, 2.24) is 0 Å². The third-order valence-corrected chi connectivity index (χ3v) is 4.80. The van der Waals surface area contributed by atoms with Crippen LogP contribution in [0.3, 0.4) is 0 Å². The maximum absolute atomic E-state index is 12.6. The third-order valence-electron chi connectivity index (χ3n) is 4.39. The highest BCUT2D eigenvalue weighted by atomic mass is 35.5. The predicted molar refractivity (Wildman–Crippen MR) is 98.3 cm³/mol. The molecule has 5 nitrogen and oxygen atoms in total. The van der Waals surface area contributed by atoms with Crippen molar-refractivity contribution in [2.45, 2.75) is 13.3 Å². The fourth-order valence-corrected chi connectivity index (χ4v) is 3.16. The Labute approximate surface area is 151 Å². The van der Waals surface area contributed by atoms with Gasteiger partial charge in [-0.25, -0.2) is 0 Å². The molecule has 0 aliphatic carbocycles. The Kier molecular flexibility index (Phi) is 4.95. The molecule has 1 saturated heterocycles. The minimum absolute atomic E-state index is 0.0782. The zero-order chi connectivity index (χ0) is 18.0. The van der Waals surface area contributed by atoms with Gasteiger partial charge in [0, 0.05) is 23.7 Å². The van der Waals surface area contributed by atoms with Crippen molar-refractivity contribution in [2.75, 3.05) is 23.9 Å². The minimum Gasteiger partial charge on any atom is -0.495 e.